The van der Waals surface area contributed by atoms with Gasteiger partial charge in [0.15, 0.2) is 0 Å². The summed E-state index contributed by atoms with van der Waals surface area (Å²) in [4.78, 5) is 27.5. The highest BCUT2D eigenvalue weighted by atomic mass is 16.4. The van der Waals surface area contributed by atoms with Gasteiger partial charge in [0.05, 0.1) is 17.5 Å². The number of nitrogens with zero attached hydrogens (tertiary/aromatic N) is 1. The van der Waals surface area contributed by atoms with E-state index in [4.69, 9.17) is 10.2 Å². The summed E-state index contributed by atoms with van der Waals surface area (Å²) in [5.41, 5.74) is 0.618. The zero-order valence-electron chi connectivity index (χ0n) is 9.62. The number of aromatic carboxylic acids is 2. The Bertz CT molecular complexity index is 486. The molecular formula is C12H12N2O4. The number of aryl methyl sites for hydroxylation is 1. The molecule has 1 aromatic carbocycles. The van der Waals surface area contributed by atoms with Crippen molar-refractivity contribution in [1.82, 2.24) is 9.97 Å². The fourth-order valence-electron chi connectivity index (χ4n) is 1.25. The SMILES string of the molecule is Cc1cc(C(=O)O)cc(C(=O)O)c1.c1c[nH]cn1. The van der Waals surface area contributed by atoms with E-state index >= 15 is 0 Å². The molecule has 0 bridgehead atoms. The first-order valence-corrected chi connectivity index (χ1v) is 5.01. The van der Waals surface area contributed by atoms with Crippen molar-refractivity contribution in [2.45, 2.75) is 6.92 Å². The molecule has 6 nitrogen and oxygen atoms in total. The van der Waals surface area contributed by atoms with Gasteiger partial charge >= 0.3 is 11.9 Å². The summed E-state index contributed by atoms with van der Waals surface area (Å²) >= 11 is 0. The van der Waals surface area contributed by atoms with Crippen LogP contribution in [0.25, 0.3) is 0 Å². The summed E-state index contributed by atoms with van der Waals surface area (Å²) in [6.45, 7) is 1.65. The van der Waals surface area contributed by atoms with Crippen molar-refractivity contribution >= 4 is 11.9 Å². The van der Waals surface area contributed by atoms with Gasteiger partial charge in [-0.2, -0.15) is 0 Å². The van der Waals surface area contributed by atoms with E-state index in [1.165, 1.54) is 12.1 Å². The highest BCUT2D eigenvalue weighted by molar-refractivity contribution is 5.94. The number of imidazole rings is 1. The molecule has 1 heterocycles. The van der Waals surface area contributed by atoms with Gasteiger partial charge in [-0.1, -0.05) is 0 Å². The van der Waals surface area contributed by atoms with Gasteiger partial charge < -0.3 is 15.2 Å². The Labute approximate surface area is 103 Å². The molecule has 0 fully saturated rings. The zero-order chi connectivity index (χ0) is 13.5. The van der Waals surface area contributed by atoms with Crippen LogP contribution in [-0.4, -0.2) is 32.1 Å². The smallest absolute Gasteiger partial charge is 0.335 e. The van der Waals surface area contributed by atoms with Crippen molar-refractivity contribution < 1.29 is 19.8 Å². The Morgan fingerprint density at radius 1 is 1.11 bits per heavy atom. The first-order valence-electron chi connectivity index (χ1n) is 5.01. The molecule has 0 unspecified atom stereocenters. The van der Waals surface area contributed by atoms with Gasteiger partial charge in [0.2, 0.25) is 0 Å². The van der Waals surface area contributed by atoms with Gasteiger partial charge in [0, 0.05) is 12.4 Å². The first kappa shape index (κ1) is 13.4. The van der Waals surface area contributed by atoms with Crippen molar-refractivity contribution in [2.75, 3.05) is 0 Å². The Morgan fingerprint density at radius 3 is 1.94 bits per heavy atom. The first-order chi connectivity index (χ1) is 8.50. The lowest BCUT2D eigenvalue weighted by Crippen LogP contribution is -2.02. The number of hydrogen-bond acceptors (Lipinski definition) is 3. The Morgan fingerprint density at radius 2 is 1.67 bits per heavy atom. The standard InChI is InChI=1S/C9H8O4.C3H4N2/c1-5-2-6(8(10)11)4-7(3-5)9(12)13;1-2-5-3-4-1/h2-4H,1H3,(H,10,11)(H,12,13);1-3H,(H,4,5). The fraction of sp³-hybridized carbons (Fsp3) is 0.0833. The monoisotopic (exact) mass is 248 g/mol. The van der Waals surface area contributed by atoms with E-state index < -0.39 is 11.9 Å². The van der Waals surface area contributed by atoms with Crippen LogP contribution >= 0.6 is 0 Å². The quantitative estimate of drug-likeness (QED) is 0.751. The third kappa shape index (κ3) is 4.09. The maximum Gasteiger partial charge on any atom is 0.335 e. The number of nitrogens with one attached hydrogen (secondary N) is 1. The molecule has 1 aromatic heterocycles. The number of aromatic amines is 1. The van der Waals surface area contributed by atoms with E-state index in [1.54, 1.807) is 25.6 Å². The van der Waals surface area contributed by atoms with Gasteiger partial charge in [0.25, 0.3) is 0 Å². The summed E-state index contributed by atoms with van der Waals surface area (Å²) in [5, 5.41) is 17.2. The Hall–Kier alpha value is -2.63. The van der Waals surface area contributed by atoms with Gasteiger partial charge in [-0.15, -0.1) is 0 Å². The van der Waals surface area contributed by atoms with Crippen LogP contribution in [0.5, 0.6) is 0 Å². The molecule has 0 radical (unpaired) electrons. The number of aromatic nitrogens is 2. The normalized spacial score (nSPS) is 9.17. The van der Waals surface area contributed by atoms with Crippen molar-refractivity contribution in [3.8, 4) is 0 Å². The molecule has 94 valence electrons. The Balaban J connectivity index is 0.000000269. The number of carboxylic acids is 2. The number of hydrogen-bond donors (Lipinski definition) is 3. The van der Waals surface area contributed by atoms with Crippen LogP contribution in [-0.2, 0) is 0 Å². The molecule has 0 aliphatic heterocycles. The second kappa shape index (κ2) is 6.19. The third-order valence-electron chi connectivity index (χ3n) is 1.98. The van der Waals surface area contributed by atoms with E-state index in [9.17, 15) is 9.59 Å². The molecule has 0 amide bonds. The summed E-state index contributed by atoms with van der Waals surface area (Å²) in [7, 11) is 0. The van der Waals surface area contributed by atoms with E-state index in [0.29, 0.717) is 5.56 Å². The third-order valence-corrected chi connectivity index (χ3v) is 1.98. The minimum Gasteiger partial charge on any atom is -0.478 e. The maximum atomic E-state index is 10.5. The zero-order valence-corrected chi connectivity index (χ0v) is 9.62. The predicted molar refractivity (Wildman–Crippen MR) is 63.7 cm³/mol. The molecule has 6 heteroatoms. The molecule has 2 aromatic rings. The molecule has 3 N–H and O–H groups in total. The second-order valence-electron chi connectivity index (χ2n) is 3.46. The number of benzene rings is 1. The van der Waals surface area contributed by atoms with E-state index in [-0.39, 0.29) is 11.1 Å². The van der Waals surface area contributed by atoms with Crippen molar-refractivity contribution in [2.24, 2.45) is 0 Å². The topological polar surface area (TPSA) is 103 Å². The lowest BCUT2D eigenvalue weighted by molar-refractivity contribution is 0.0696. The van der Waals surface area contributed by atoms with Gasteiger partial charge in [-0.3, -0.25) is 0 Å². The van der Waals surface area contributed by atoms with E-state index in [2.05, 4.69) is 9.97 Å². The summed E-state index contributed by atoms with van der Waals surface area (Å²) in [5.74, 6) is -2.24. The maximum absolute atomic E-state index is 10.5. The Kier molecular flexibility index (Phi) is 4.62. The molecule has 0 saturated carbocycles. The number of H-pyrrole nitrogens is 1. The lowest BCUT2D eigenvalue weighted by Gasteiger charge is -1.99. The summed E-state index contributed by atoms with van der Waals surface area (Å²) < 4.78 is 0. The summed E-state index contributed by atoms with van der Waals surface area (Å²) in [6.07, 6.45) is 5.08. The van der Waals surface area contributed by atoms with Gasteiger partial charge in [0.1, 0.15) is 0 Å². The van der Waals surface area contributed by atoms with Crippen LogP contribution in [0, 0.1) is 6.92 Å². The van der Waals surface area contributed by atoms with Gasteiger partial charge in [-0.05, 0) is 30.7 Å². The summed E-state index contributed by atoms with van der Waals surface area (Å²) in [6, 6.07) is 3.99. The largest absolute Gasteiger partial charge is 0.478 e. The second-order valence-corrected chi connectivity index (χ2v) is 3.46. The highest BCUT2D eigenvalue weighted by Gasteiger charge is 2.09. The van der Waals surface area contributed by atoms with Crippen LogP contribution in [0.3, 0.4) is 0 Å². The molecule has 0 saturated heterocycles. The predicted octanol–water partition coefficient (Wildman–Crippen LogP) is 1.80. The van der Waals surface area contributed by atoms with Gasteiger partial charge in [-0.25, -0.2) is 14.6 Å². The number of carboxylic acid groups (broad SMARTS) is 2. The fourth-order valence-corrected chi connectivity index (χ4v) is 1.25. The molecule has 0 aliphatic carbocycles. The van der Waals surface area contributed by atoms with Crippen LogP contribution in [0.2, 0.25) is 0 Å². The number of rotatable bonds is 2. The minimum atomic E-state index is -1.12. The van der Waals surface area contributed by atoms with Crippen molar-refractivity contribution in [3.63, 3.8) is 0 Å². The van der Waals surface area contributed by atoms with Crippen molar-refractivity contribution in [1.29, 1.82) is 0 Å². The molecule has 0 aliphatic rings. The molecule has 0 spiro atoms. The average Bonchev–Trinajstić information content (AvgIpc) is 2.86. The van der Waals surface area contributed by atoms with E-state index in [1.807, 2.05) is 0 Å². The molecule has 0 atom stereocenters. The minimum absolute atomic E-state index is 0.00241. The van der Waals surface area contributed by atoms with Crippen LogP contribution < -0.4 is 0 Å². The van der Waals surface area contributed by atoms with Crippen LogP contribution in [0.1, 0.15) is 26.3 Å². The lowest BCUT2D eigenvalue weighted by atomic mass is 10.1. The molecule has 18 heavy (non-hydrogen) atoms. The number of carbonyl (C=O) groups is 2. The van der Waals surface area contributed by atoms with Crippen molar-refractivity contribution in [3.05, 3.63) is 53.6 Å². The van der Waals surface area contributed by atoms with Crippen LogP contribution in [0.15, 0.2) is 36.9 Å². The molecule has 2 rings (SSSR count). The van der Waals surface area contributed by atoms with Crippen LogP contribution in [0.4, 0.5) is 0 Å². The van der Waals surface area contributed by atoms with E-state index in [0.717, 1.165) is 6.07 Å². The average molecular weight is 248 g/mol. The molecular weight excluding hydrogens is 236 g/mol. The highest BCUT2D eigenvalue weighted by Crippen LogP contribution is 2.09.